The molecule has 1 amide bonds. The summed E-state index contributed by atoms with van der Waals surface area (Å²) in [6.07, 6.45) is 3.33. The van der Waals surface area contributed by atoms with Crippen molar-refractivity contribution >= 4 is 17.6 Å². The normalized spacial score (nSPS) is 21.2. The van der Waals surface area contributed by atoms with Crippen molar-refractivity contribution in [2.24, 2.45) is 0 Å². The molecule has 1 aromatic carbocycles. The molecule has 0 bridgehead atoms. The molecular formula is C15H18N2O3. The Bertz CT molecular complexity index is 556. The van der Waals surface area contributed by atoms with E-state index in [9.17, 15) is 9.59 Å². The number of carbonyl (C=O) groups excluding carboxylic acids is 1. The van der Waals surface area contributed by atoms with Crippen LogP contribution in [0, 0.1) is 0 Å². The highest BCUT2D eigenvalue weighted by atomic mass is 16.4. The van der Waals surface area contributed by atoms with E-state index in [1.807, 2.05) is 12.1 Å². The van der Waals surface area contributed by atoms with E-state index in [4.69, 9.17) is 5.11 Å². The van der Waals surface area contributed by atoms with Crippen LogP contribution >= 0.6 is 0 Å². The first-order chi connectivity index (χ1) is 9.66. The smallest absolute Gasteiger partial charge is 0.326 e. The van der Waals surface area contributed by atoms with Gasteiger partial charge in [0.1, 0.15) is 6.04 Å². The van der Waals surface area contributed by atoms with Crippen molar-refractivity contribution in [1.82, 2.24) is 4.90 Å². The van der Waals surface area contributed by atoms with Crippen molar-refractivity contribution in [2.75, 3.05) is 18.4 Å². The molecular weight excluding hydrogens is 256 g/mol. The molecule has 1 saturated heterocycles. The fourth-order valence-electron chi connectivity index (χ4n) is 3.04. The predicted molar refractivity (Wildman–Crippen MR) is 74.9 cm³/mol. The molecule has 0 saturated carbocycles. The van der Waals surface area contributed by atoms with Crippen molar-refractivity contribution in [2.45, 2.75) is 31.7 Å². The first-order valence-corrected chi connectivity index (χ1v) is 7.07. The molecule has 1 atom stereocenters. The minimum Gasteiger partial charge on any atom is -0.480 e. The zero-order valence-corrected chi connectivity index (χ0v) is 11.3. The van der Waals surface area contributed by atoms with Gasteiger partial charge in [0.25, 0.3) is 5.91 Å². The van der Waals surface area contributed by atoms with Crippen LogP contribution in [-0.2, 0) is 11.2 Å². The maximum atomic E-state index is 12.5. The Morgan fingerprint density at radius 3 is 2.95 bits per heavy atom. The molecule has 2 aliphatic rings. The van der Waals surface area contributed by atoms with Crippen LogP contribution in [0.15, 0.2) is 18.2 Å². The molecule has 0 aliphatic carbocycles. The summed E-state index contributed by atoms with van der Waals surface area (Å²) in [5.41, 5.74) is 2.83. The van der Waals surface area contributed by atoms with Gasteiger partial charge >= 0.3 is 5.97 Å². The maximum absolute atomic E-state index is 12.5. The molecule has 3 rings (SSSR count). The van der Waals surface area contributed by atoms with Crippen LogP contribution < -0.4 is 5.32 Å². The number of amides is 1. The summed E-state index contributed by atoms with van der Waals surface area (Å²) in [7, 11) is 0. The van der Waals surface area contributed by atoms with Gasteiger partial charge in [-0.15, -0.1) is 0 Å². The molecule has 5 heteroatoms. The van der Waals surface area contributed by atoms with Gasteiger partial charge in [-0.2, -0.15) is 0 Å². The van der Waals surface area contributed by atoms with Crippen molar-refractivity contribution in [1.29, 1.82) is 0 Å². The number of carbonyl (C=O) groups is 2. The van der Waals surface area contributed by atoms with Gasteiger partial charge in [-0.05, 0) is 49.4 Å². The summed E-state index contributed by atoms with van der Waals surface area (Å²) in [4.78, 5) is 25.2. The number of carboxylic acid groups (broad SMARTS) is 1. The highest BCUT2D eigenvalue weighted by molar-refractivity contribution is 5.97. The lowest BCUT2D eigenvalue weighted by Crippen LogP contribution is -2.40. The highest BCUT2D eigenvalue weighted by Crippen LogP contribution is 2.25. The predicted octanol–water partition coefficient (Wildman–Crippen LogP) is 1.73. The highest BCUT2D eigenvalue weighted by Gasteiger charge is 2.34. The van der Waals surface area contributed by atoms with Gasteiger partial charge in [-0.3, -0.25) is 4.79 Å². The first kappa shape index (κ1) is 13.0. The molecule has 106 valence electrons. The van der Waals surface area contributed by atoms with Gasteiger partial charge in [0.05, 0.1) is 0 Å². The second-order valence-electron chi connectivity index (χ2n) is 5.40. The Morgan fingerprint density at radius 2 is 2.15 bits per heavy atom. The molecule has 2 heterocycles. The van der Waals surface area contributed by atoms with E-state index < -0.39 is 12.0 Å². The molecule has 0 radical (unpaired) electrons. The molecule has 0 spiro atoms. The molecule has 20 heavy (non-hydrogen) atoms. The Hall–Kier alpha value is -2.04. The Balaban J connectivity index is 1.85. The summed E-state index contributed by atoms with van der Waals surface area (Å²) < 4.78 is 0. The lowest BCUT2D eigenvalue weighted by atomic mass is 10.00. The van der Waals surface area contributed by atoms with E-state index in [2.05, 4.69) is 5.32 Å². The van der Waals surface area contributed by atoms with E-state index in [0.717, 1.165) is 37.1 Å². The Labute approximate surface area is 117 Å². The van der Waals surface area contributed by atoms with Crippen molar-refractivity contribution < 1.29 is 14.7 Å². The fourth-order valence-corrected chi connectivity index (χ4v) is 3.04. The monoisotopic (exact) mass is 274 g/mol. The number of hydrogen-bond acceptors (Lipinski definition) is 3. The zero-order chi connectivity index (χ0) is 14.1. The van der Waals surface area contributed by atoms with Crippen molar-refractivity contribution in [3.63, 3.8) is 0 Å². The minimum absolute atomic E-state index is 0.164. The van der Waals surface area contributed by atoms with Crippen LogP contribution in [0.5, 0.6) is 0 Å². The van der Waals surface area contributed by atoms with Crippen LogP contribution in [0.3, 0.4) is 0 Å². The maximum Gasteiger partial charge on any atom is 0.326 e. The van der Waals surface area contributed by atoms with Gasteiger partial charge < -0.3 is 15.3 Å². The third kappa shape index (κ3) is 2.24. The standard InChI is InChI=1S/C15H18N2O3/c18-14(17-8-2-4-13(17)15(19)20)11-5-6-12-10(9-11)3-1-7-16-12/h5-6,9,13,16H,1-4,7-8H2,(H,19,20)/t13-/m1/s1. The van der Waals surface area contributed by atoms with E-state index in [1.54, 1.807) is 6.07 Å². The van der Waals surface area contributed by atoms with E-state index in [1.165, 1.54) is 4.90 Å². The zero-order valence-electron chi connectivity index (χ0n) is 11.3. The Morgan fingerprint density at radius 1 is 1.30 bits per heavy atom. The number of benzene rings is 1. The summed E-state index contributed by atoms with van der Waals surface area (Å²) in [5, 5.41) is 12.5. The average Bonchev–Trinajstić information content (AvgIpc) is 2.95. The second kappa shape index (κ2) is 5.15. The third-order valence-corrected chi connectivity index (χ3v) is 4.09. The Kier molecular flexibility index (Phi) is 3.34. The second-order valence-corrected chi connectivity index (χ2v) is 5.40. The first-order valence-electron chi connectivity index (χ1n) is 7.07. The summed E-state index contributed by atoms with van der Waals surface area (Å²) in [6.45, 7) is 1.50. The third-order valence-electron chi connectivity index (χ3n) is 4.09. The van der Waals surface area contributed by atoms with E-state index >= 15 is 0 Å². The van der Waals surface area contributed by atoms with Crippen molar-refractivity contribution in [3.8, 4) is 0 Å². The van der Waals surface area contributed by atoms with Crippen LogP contribution in [0.2, 0.25) is 0 Å². The fraction of sp³-hybridized carbons (Fsp3) is 0.467. The van der Waals surface area contributed by atoms with Gasteiger partial charge in [-0.25, -0.2) is 4.79 Å². The lowest BCUT2D eigenvalue weighted by Gasteiger charge is -2.23. The van der Waals surface area contributed by atoms with Gasteiger partial charge in [0.2, 0.25) is 0 Å². The number of anilines is 1. The lowest BCUT2D eigenvalue weighted by molar-refractivity contribution is -0.141. The average molecular weight is 274 g/mol. The molecule has 2 N–H and O–H groups in total. The number of nitrogens with one attached hydrogen (secondary N) is 1. The molecule has 1 fully saturated rings. The van der Waals surface area contributed by atoms with Crippen LogP contribution in [0.4, 0.5) is 5.69 Å². The minimum atomic E-state index is -0.907. The molecule has 5 nitrogen and oxygen atoms in total. The van der Waals surface area contributed by atoms with Crippen LogP contribution in [0.25, 0.3) is 0 Å². The van der Waals surface area contributed by atoms with Crippen LogP contribution in [0.1, 0.15) is 35.2 Å². The summed E-state index contributed by atoms with van der Waals surface area (Å²) in [6, 6.07) is 4.95. The van der Waals surface area contributed by atoms with E-state index in [0.29, 0.717) is 18.5 Å². The SMILES string of the molecule is O=C(O)[C@H]1CCCN1C(=O)c1ccc2c(c1)CCCN2. The van der Waals surface area contributed by atoms with E-state index in [-0.39, 0.29) is 5.91 Å². The number of fused-ring (bicyclic) bond motifs is 1. The topological polar surface area (TPSA) is 69.6 Å². The molecule has 1 aromatic rings. The number of nitrogens with zero attached hydrogens (tertiary/aromatic N) is 1. The number of likely N-dealkylation sites (tertiary alicyclic amines) is 1. The number of aryl methyl sites for hydroxylation is 1. The molecule has 0 aromatic heterocycles. The number of rotatable bonds is 2. The molecule has 2 aliphatic heterocycles. The molecule has 0 unspecified atom stereocenters. The summed E-state index contributed by atoms with van der Waals surface area (Å²) >= 11 is 0. The number of aliphatic carboxylic acids is 1. The number of carboxylic acids is 1. The van der Waals surface area contributed by atoms with Gasteiger partial charge in [-0.1, -0.05) is 0 Å². The van der Waals surface area contributed by atoms with Gasteiger partial charge in [0.15, 0.2) is 0 Å². The number of hydrogen-bond donors (Lipinski definition) is 2. The quantitative estimate of drug-likeness (QED) is 0.861. The van der Waals surface area contributed by atoms with Gasteiger partial charge in [0, 0.05) is 24.3 Å². The van der Waals surface area contributed by atoms with Crippen LogP contribution in [-0.4, -0.2) is 41.0 Å². The summed E-state index contributed by atoms with van der Waals surface area (Å²) in [5.74, 6) is -1.07. The largest absolute Gasteiger partial charge is 0.480 e. The van der Waals surface area contributed by atoms with Crippen molar-refractivity contribution in [3.05, 3.63) is 29.3 Å².